The molecule has 0 radical (unpaired) electrons. The SMILES string of the molecule is Cc1cc(CNC(=O)NCc2cn3ccsc3n2)ccc1F. The van der Waals surface area contributed by atoms with E-state index in [0.717, 1.165) is 16.2 Å². The van der Waals surface area contributed by atoms with E-state index in [1.165, 1.54) is 6.07 Å². The summed E-state index contributed by atoms with van der Waals surface area (Å²) in [6.07, 6.45) is 3.81. The number of urea groups is 1. The summed E-state index contributed by atoms with van der Waals surface area (Å²) in [5, 5.41) is 7.44. The molecule has 3 rings (SSSR count). The average Bonchev–Trinajstić information content (AvgIpc) is 3.07. The standard InChI is InChI=1S/C15H15FN4OS/c1-10-6-11(2-3-13(10)16)7-17-14(21)18-8-12-9-20-4-5-22-15(20)19-12/h2-6,9H,7-8H2,1H3,(H2,17,18,21). The molecule has 0 bridgehead atoms. The molecular weight excluding hydrogens is 303 g/mol. The zero-order valence-electron chi connectivity index (χ0n) is 12.0. The Hall–Kier alpha value is -2.41. The largest absolute Gasteiger partial charge is 0.334 e. The molecule has 5 nitrogen and oxygen atoms in total. The average molecular weight is 318 g/mol. The van der Waals surface area contributed by atoms with Crippen LogP contribution in [0.1, 0.15) is 16.8 Å². The Morgan fingerprint density at radius 3 is 2.95 bits per heavy atom. The molecule has 0 fully saturated rings. The van der Waals surface area contributed by atoms with Gasteiger partial charge in [-0.05, 0) is 24.1 Å². The summed E-state index contributed by atoms with van der Waals surface area (Å²) in [7, 11) is 0. The van der Waals surface area contributed by atoms with Gasteiger partial charge < -0.3 is 10.6 Å². The Bertz CT molecular complexity index is 782. The van der Waals surface area contributed by atoms with Crippen molar-refractivity contribution in [3.8, 4) is 0 Å². The third-order valence-corrected chi connectivity index (χ3v) is 4.02. The lowest BCUT2D eigenvalue weighted by Gasteiger charge is -2.07. The lowest BCUT2D eigenvalue weighted by atomic mass is 10.1. The Morgan fingerprint density at radius 2 is 2.18 bits per heavy atom. The van der Waals surface area contributed by atoms with E-state index in [1.54, 1.807) is 30.4 Å². The molecule has 2 aromatic heterocycles. The molecule has 0 spiro atoms. The molecule has 0 atom stereocenters. The van der Waals surface area contributed by atoms with Crippen LogP contribution in [0.25, 0.3) is 4.96 Å². The lowest BCUT2D eigenvalue weighted by Crippen LogP contribution is -2.34. The molecular formula is C15H15FN4OS. The topological polar surface area (TPSA) is 58.4 Å². The molecule has 114 valence electrons. The van der Waals surface area contributed by atoms with Gasteiger partial charge in [-0.3, -0.25) is 4.40 Å². The van der Waals surface area contributed by atoms with Crippen molar-refractivity contribution in [3.63, 3.8) is 0 Å². The van der Waals surface area contributed by atoms with Gasteiger partial charge in [0.2, 0.25) is 0 Å². The molecule has 3 aromatic rings. The molecule has 0 saturated carbocycles. The van der Waals surface area contributed by atoms with Crippen molar-refractivity contribution in [3.05, 3.63) is 58.6 Å². The Kier molecular flexibility index (Phi) is 4.06. The molecule has 0 saturated heterocycles. The molecule has 1 aromatic carbocycles. The minimum Gasteiger partial charge on any atom is -0.334 e. The first kappa shape index (κ1) is 14.5. The van der Waals surface area contributed by atoms with Crippen LogP contribution in [-0.2, 0) is 13.1 Å². The first-order valence-corrected chi connectivity index (χ1v) is 7.67. The van der Waals surface area contributed by atoms with Crippen LogP contribution in [-0.4, -0.2) is 15.4 Å². The number of benzene rings is 1. The van der Waals surface area contributed by atoms with Crippen LogP contribution in [0.3, 0.4) is 0 Å². The summed E-state index contributed by atoms with van der Waals surface area (Å²) in [5.41, 5.74) is 2.23. The lowest BCUT2D eigenvalue weighted by molar-refractivity contribution is 0.240. The van der Waals surface area contributed by atoms with Gasteiger partial charge in [-0.2, -0.15) is 0 Å². The fourth-order valence-electron chi connectivity index (χ4n) is 2.09. The van der Waals surface area contributed by atoms with E-state index in [0.29, 0.717) is 18.7 Å². The predicted octanol–water partition coefficient (Wildman–Crippen LogP) is 2.84. The van der Waals surface area contributed by atoms with Crippen LogP contribution in [0.5, 0.6) is 0 Å². The van der Waals surface area contributed by atoms with Crippen molar-refractivity contribution in [2.24, 2.45) is 0 Å². The van der Waals surface area contributed by atoms with E-state index in [4.69, 9.17) is 0 Å². The molecule has 22 heavy (non-hydrogen) atoms. The van der Waals surface area contributed by atoms with E-state index in [9.17, 15) is 9.18 Å². The molecule has 2 heterocycles. The van der Waals surface area contributed by atoms with Crippen molar-refractivity contribution < 1.29 is 9.18 Å². The number of carbonyl (C=O) groups excluding carboxylic acids is 1. The van der Waals surface area contributed by atoms with Gasteiger partial charge in [-0.15, -0.1) is 11.3 Å². The van der Waals surface area contributed by atoms with Crippen molar-refractivity contribution >= 4 is 22.3 Å². The maximum absolute atomic E-state index is 13.2. The third kappa shape index (κ3) is 3.25. The summed E-state index contributed by atoms with van der Waals surface area (Å²) < 4.78 is 15.1. The summed E-state index contributed by atoms with van der Waals surface area (Å²) >= 11 is 1.55. The van der Waals surface area contributed by atoms with Gasteiger partial charge in [-0.1, -0.05) is 12.1 Å². The second-order valence-electron chi connectivity index (χ2n) is 4.94. The molecule has 0 aliphatic rings. The number of carbonyl (C=O) groups is 1. The number of imidazole rings is 1. The van der Waals surface area contributed by atoms with Crippen molar-refractivity contribution in [1.29, 1.82) is 0 Å². The number of hydrogen-bond acceptors (Lipinski definition) is 3. The summed E-state index contributed by atoms with van der Waals surface area (Å²) in [6, 6.07) is 4.51. The normalized spacial score (nSPS) is 10.8. The van der Waals surface area contributed by atoms with Crippen LogP contribution in [0.15, 0.2) is 36.0 Å². The molecule has 7 heteroatoms. The van der Waals surface area contributed by atoms with Crippen LogP contribution >= 0.6 is 11.3 Å². The highest BCUT2D eigenvalue weighted by Crippen LogP contribution is 2.11. The zero-order chi connectivity index (χ0) is 15.5. The maximum atomic E-state index is 13.2. The number of thiazole rings is 1. The van der Waals surface area contributed by atoms with Crippen LogP contribution in [0.2, 0.25) is 0 Å². The van der Waals surface area contributed by atoms with Gasteiger partial charge in [0.05, 0.1) is 12.2 Å². The maximum Gasteiger partial charge on any atom is 0.315 e. The van der Waals surface area contributed by atoms with E-state index in [-0.39, 0.29) is 11.8 Å². The Balaban J connectivity index is 1.49. The number of fused-ring (bicyclic) bond motifs is 1. The molecule has 2 N–H and O–H groups in total. The highest BCUT2D eigenvalue weighted by Gasteiger charge is 2.05. The number of amides is 2. The summed E-state index contributed by atoms with van der Waals surface area (Å²) in [4.78, 5) is 17.1. The molecule has 0 unspecified atom stereocenters. The quantitative estimate of drug-likeness (QED) is 0.777. The fourth-order valence-corrected chi connectivity index (χ4v) is 2.81. The first-order valence-electron chi connectivity index (χ1n) is 6.79. The van der Waals surface area contributed by atoms with Gasteiger partial charge in [0, 0.05) is 24.3 Å². The number of rotatable bonds is 4. The highest BCUT2D eigenvalue weighted by molar-refractivity contribution is 7.15. The highest BCUT2D eigenvalue weighted by atomic mass is 32.1. The molecule has 0 aliphatic carbocycles. The number of halogens is 1. The van der Waals surface area contributed by atoms with Gasteiger partial charge in [0.1, 0.15) is 5.82 Å². The van der Waals surface area contributed by atoms with Crippen LogP contribution in [0.4, 0.5) is 9.18 Å². The van der Waals surface area contributed by atoms with E-state index in [2.05, 4.69) is 15.6 Å². The zero-order valence-corrected chi connectivity index (χ0v) is 12.8. The first-order chi connectivity index (χ1) is 10.6. The second kappa shape index (κ2) is 6.15. The monoisotopic (exact) mass is 318 g/mol. The fraction of sp³-hybridized carbons (Fsp3) is 0.200. The number of hydrogen-bond donors (Lipinski definition) is 2. The second-order valence-corrected chi connectivity index (χ2v) is 5.82. The Morgan fingerprint density at radius 1 is 1.36 bits per heavy atom. The van der Waals surface area contributed by atoms with Gasteiger partial charge in [0.25, 0.3) is 0 Å². The number of nitrogens with zero attached hydrogens (tertiary/aromatic N) is 2. The van der Waals surface area contributed by atoms with Crippen molar-refractivity contribution in [1.82, 2.24) is 20.0 Å². The minimum atomic E-state index is -0.279. The number of aryl methyl sites for hydroxylation is 1. The van der Waals surface area contributed by atoms with Crippen LogP contribution < -0.4 is 10.6 Å². The predicted molar refractivity (Wildman–Crippen MR) is 83.3 cm³/mol. The van der Waals surface area contributed by atoms with E-state index in [1.807, 2.05) is 22.2 Å². The third-order valence-electron chi connectivity index (χ3n) is 3.25. The van der Waals surface area contributed by atoms with Gasteiger partial charge in [0.15, 0.2) is 4.96 Å². The van der Waals surface area contributed by atoms with Crippen molar-refractivity contribution in [2.75, 3.05) is 0 Å². The summed E-state index contributed by atoms with van der Waals surface area (Å²) in [6.45, 7) is 2.41. The number of nitrogens with one attached hydrogen (secondary N) is 2. The summed E-state index contributed by atoms with van der Waals surface area (Å²) in [5.74, 6) is -0.243. The Labute approximate surface area is 130 Å². The molecule has 0 aliphatic heterocycles. The van der Waals surface area contributed by atoms with E-state index >= 15 is 0 Å². The molecule has 2 amide bonds. The van der Waals surface area contributed by atoms with Crippen LogP contribution in [0, 0.1) is 12.7 Å². The van der Waals surface area contributed by atoms with E-state index < -0.39 is 0 Å². The van der Waals surface area contributed by atoms with Gasteiger partial charge in [-0.25, -0.2) is 14.2 Å². The number of aromatic nitrogens is 2. The smallest absolute Gasteiger partial charge is 0.315 e. The minimum absolute atomic E-state index is 0.243. The van der Waals surface area contributed by atoms with Gasteiger partial charge >= 0.3 is 6.03 Å². The van der Waals surface area contributed by atoms with Crippen molar-refractivity contribution in [2.45, 2.75) is 20.0 Å².